The summed E-state index contributed by atoms with van der Waals surface area (Å²) in [7, 11) is 4.52. The van der Waals surface area contributed by atoms with Crippen molar-refractivity contribution >= 4 is 29.5 Å². The second-order valence-corrected chi connectivity index (χ2v) is 12.2. The van der Waals surface area contributed by atoms with Crippen molar-refractivity contribution in [2.24, 2.45) is 5.41 Å². The summed E-state index contributed by atoms with van der Waals surface area (Å²) in [6.45, 7) is 3.97. The van der Waals surface area contributed by atoms with Crippen molar-refractivity contribution in [2.75, 3.05) is 32.9 Å². The van der Waals surface area contributed by atoms with Crippen molar-refractivity contribution in [1.29, 1.82) is 0 Å². The van der Waals surface area contributed by atoms with Crippen LogP contribution in [0.15, 0.2) is 72.0 Å². The van der Waals surface area contributed by atoms with E-state index in [0.29, 0.717) is 28.0 Å². The molecule has 0 fully saturated rings. The van der Waals surface area contributed by atoms with Crippen LogP contribution in [0.5, 0.6) is 23.3 Å². The summed E-state index contributed by atoms with van der Waals surface area (Å²) < 4.78 is 29.1. The van der Waals surface area contributed by atoms with Crippen LogP contribution in [0, 0.1) is 5.41 Å². The quantitative estimate of drug-likeness (QED) is 0.0889. The fraction of sp³-hybridized carbons (Fsp3) is 0.294. The fourth-order valence-corrected chi connectivity index (χ4v) is 4.94. The van der Waals surface area contributed by atoms with Crippen LogP contribution in [0.25, 0.3) is 11.4 Å². The molecule has 0 radical (unpaired) electrons. The van der Waals surface area contributed by atoms with Crippen LogP contribution in [0.3, 0.4) is 0 Å². The Morgan fingerprint density at radius 3 is 1.84 bits per heavy atom. The van der Waals surface area contributed by atoms with E-state index in [1.54, 1.807) is 46.4 Å². The second-order valence-electron chi connectivity index (χ2n) is 11.4. The number of carbonyl (C=O) groups is 2. The van der Waals surface area contributed by atoms with Crippen LogP contribution in [0.4, 0.5) is 5.82 Å². The average Bonchev–Trinajstić information content (AvgIpc) is 3.60. The van der Waals surface area contributed by atoms with Gasteiger partial charge in [-0.25, -0.2) is 0 Å². The van der Waals surface area contributed by atoms with E-state index in [0.717, 1.165) is 11.1 Å². The molecule has 1 amide bonds. The number of carbonyl (C=O) groups excluding carboxylic acids is 2. The molecule has 3 aromatic heterocycles. The first-order valence-corrected chi connectivity index (χ1v) is 16.5. The Bertz CT molecular complexity index is 1850. The molecule has 2 aromatic carbocycles. The number of amides is 1. The molecule has 0 aliphatic carbocycles. The highest BCUT2D eigenvalue weighted by molar-refractivity contribution is 7.98. The maximum atomic E-state index is 13.9. The third-order valence-electron chi connectivity index (χ3n) is 7.30. The van der Waals surface area contributed by atoms with Gasteiger partial charge in [0.05, 0.1) is 39.5 Å². The maximum Gasteiger partial charge on any atom is 0.313 e. The molecular weight excluding hydrogens is 664 g/mol. The number of hydrogen-bond donors (Lipinski definition) is 1. The Balaban J connectivity index is 1.39. The van der Waals surface area contributed by atoms with E-state index in [1.807, 2.05) is 54.8 Å². The highest BCUT2D eigenvalue weighted by Crippen LogP contribution is 2.31. The van der Waals surface area contributed by atoms with Gasteiger partial charge in [-0.2, -0.15) is 9.97 Å². The van der Waals surface area contributed by atoms with Gasteiger partial charge in [-0.3, -0.25) is 14.3 Å². The number of rotatable bonds is 15. The molecular formula is C34H36N8O7S. The molecule has 0 spiro atoms. The second kappa shape index (κ2) is 16.1. The number of methoxy groups -OCH3 is 3. The third kappa shape index (κ3) is 8.82. The van der Waals surface area contributed by atoms with Gasteiger partial charge in [0, 0.05) is 0 Å². The molecule has 260 valence electrons. The smallest absolute Gasteiger partial charge is 0.313 e. The van der Waals surface area contributed by atoms with Gasteiger partial charge < -0.3 is 29.0 Å². The van der Waals surface area contributed by atoms with E-state index < -0.39 is 11.3 Å². The van der Waals surface area contributed by atoms with E-state index in [4.69, 9.17) is 23.7 Å². The highest BCUT2D eigenvalue weighted by atomic mass is 32.2. The first kappa shape index (κ1) is 35.5. The topological polar surface area (TPSA) is 175 Å². The number of nitrogens with one attached hydrogen (secondary N) is 1. The zero-order valence-corrected chi connectivity index (χ0v) is 29.2. The van der Waals surface area contributed by atoms with Crippen molar-refractivity contribution in [2.45, 2.75) is 38.8 Å². The van der Waals surface area contributed by atoms with Gasteiger partial charge in [0.2, 0.25) is 11.8 Å². The SMILES string of the molecule is COC(=O)C(C)(C)Cn1cc(-c2ccc(NC(=O)c3c(OCc4ccc(OC)cc4)nc(SC)nc3OCc3ccc(OC)cc3)nn2)nn1. The van der Waals surface area contributed by atoms with Crippen LogP contribution in [-0.4, -0.2) is 74.6 Å². The molecule has 16 heteroatoms. The first-order valence-electron chi connectivity index (χ1n) is 15.2. The van der Waals surface area contributed by atoms with Gasteiger partial charge in [-0.1, -0.05) is 41.2 Å². The molecule has 3 heterocycles. The summed E-state index contributed by atoms with van der Waals surface area (Å²) in [5.74, 6) is 0.616. The van der Waals surface area contributed by atoms with Crippen LogP contribution >= 0.6 is 11.8 Å². The molecule has 0 saturated heterocycles. The lowest BCUT2D eigenvalue weighted by Crippen LogP contribution is -2.30. The summed E-state index contributed by atoms with van der Waals surface area (Å²) in [5, 5.41) is 19.7. The third-order valence-corrected chi connectivity index (χ3v) is 7.85. The largest absolute Gasteiger partial charge is 0.497 e. The summed E-state index contributed by atoms with van der Waals surface area (Å²) in [6, 6.07) is 17.9. The molecule has 1 N–H and O–H groups in total. The van der Waals surface area contributed by atoms with Gasteiger partial charge >= 0.3 is 5.97 Å². The van der Waals surface area contributed by atoms with Crippen molar-refractivity contribution in [1.82, 2.24) is 35.2 Å². The Morgan fingerprint density at radius 1 is 0.780 bits per heavy atom. The van der Waals surface area contributed by atoms with Crippen molar-refractivity contribution in [3.63, 3.8) is 0 Å². The number of esters is 1. The summed E-state index contributed by atoms with van der Waals surface area (Å²) in [6.07, 6.45) is 3.46. The zero-order valence-electron chi connectivity index (χ0n) is 28.4. The van der Waals surface area contributed by atoms with Gasteiger partial charge in [-0.05, 0) is 67.6 Å². The number of hydrogen-bond acceptors (Lipinski definition) is 14. The normalized spacial score (nSPS) is 11.1. The van der Waals surface area contributed by atoms with Gasteiger partial charge in [-0.15, -0.1) is 15.3 Å². The van der Waals surface area contributed by atoms with E-state index in [9.17, 15) is 9.59 Å². The number of aromatic nitrogens is 7. The lowest BCUT2D eigenvalue weighted by Gasteiger charge is -2.20. The zero-order chi connectivity index (χ0) is 35.7. The van der Waals surface area contributed by atoms with Gasteiger partial charge in [0.15, 0.2) is 16.5 Å². The molecule has 0 saturated carbocycles. The fourth-order valence-electron chi connectivity index (χ4n) is 4.60. The van der Waals surface area contributed by atoms with E-state index >= 15 is 0 Å². The molecule has 15 nitrogen and oxygen atoms in total. The molecule has 0 unspecified atom stereocenters. The van der Waals surface area contributed by atoms with Crippen LogP contribution in [0.1, 0.15) is 35.3 Å². The lowest BCUT2D eigenvalue weighted by atomic mass is 9.94. The Kier molecular flexibility index (Phi) is 11.4. The standard InChI is InChI=1S/C34H36N8O7S/c1-34(2,32(44)47-5)20-42-17-26(39-41-42)25-15-16-27(40-38-25)35-29(43)28-30(48-18-21-7-11-23(45-3)12-8-21)36-33(50-6)37-31(28)49-19-22-9-13-24(46-4)14-10-22/h7-17H,18-20H2,1-6H3,(H,35,40,43). The number of thioether (sulfide) groups is 1. The van der Waals surface area contributed by atoms with Crippen LogP contribution in [-0.2, 0) is 29.3 Å². The molecule has 0 bridgehead atoms. The minimum atomic E-state index is -0.814. The number of nitrogens with zero attached hydrogens (tertiary/aromatic N) is 7. The molecule has 0 aliphatic heterocycles. The molecule has 50 heavy (non-hydrogen) atoms. The van der Waals surface area contributed by atoms with E-state index in [-0.39, 0.29) is 48.9 Å². The first-order chi connectivity index (χ1) is 24.1. The van der Waals surface area contributed by atoms with Crippen LogP contribution in [0.2, 0.25) is 0 Å². The van der Waals surface area contributed by atoms with E-state index in [2.05, 4.69) is 35.8 Å². The molecule has 5 rings (SSSR count). The summed E-state index contributed by atoms with van der Waals surface area (Å²) in [5.41, 5.74) is 1.66. The average molecular weight is 701 g/mol. The number of benzene rings is 2. The minimum absolute atomic E-state index is 0.0214. The molecule has 0 aliphatic rings. The van der Waals surface area contributed by atoms with Gasteiger partial charge in [0.25, 0.3) is 5.91 Å². The predicted octanol–water partition coefficient (Wildman–Crippen LogP) is 4.87. The Labute approximate surface area is 292 Å². The molecule has 5 aromatic rings. The maximum absolute atomic E-state index is 13.9. The van der Waals surface area contributed by atoms with Crippen LogP contribution < -0.4 is 24.3 Å². The highest BCUT2D eigenvalue weighted by Gasteiger charge is 2.30. The predicted molar refractivity (Wildman–Crippen MR) is 183 cm³/mol. The Morgan fingerprint density at radius 2 is 1.36 bits per heavy atom. The minimum Gasteiger partial charge on any atom is -0.497 e. The van der Waals surface area contributed by atoms with Crippen molar-refractivity contribution in [3.8, 4) is 34.6 Å². The Hall–Kier alpha value is -5.77. The van der Waals surface area contributed by atoms with Crippen molar-refractivity contribution in [3.05, 3.63) is 83.6 Å². The number of anilines is 1. The molecule has 0 atom stereocenters. The summed E-state index contributed by atoms with van der Waals surface area (Å²) >= 11 is 1.28. The number of ether oxygens (including phenoxy) is 5. The van der Waals surface area contributed by atoms with E-state index in [1.165, 1.54) is 23.6 Å². The monoisotopic (exact) mass is 700 g/mol. The van der Waals surface area contributed by atoms with Crippen molar-refractivity contribution < 1.29 is 33.3 Å². The lowest BCUT2D eigenvalue weighted by molar-refractivity contribution is -0.151. The summed E-state index contributed by atoms with van der Waals surface area (Å²) in [4.78, 5) is 35.0. The van der Waals surface area contributed by atoms with Gasteiger partial charge in [0.1, 0.15) is 36.1 Å².